The summed E-state index contributed by atoms with van der Waals surface area (Å²) < 4.78 is 33.0. The molecule has 0 aromatic heterocycles. The summed E-state index contributed by atoms with van der Waals surface area (Å²) >= 11 is 0. The Balaban J connectivity index is 1.47. The molecule has 0 aromatic rings. The molecule has 1 saturated carbocycles. The Kier molecular flexibility index (Phi) is 4.65. The molecular weight excluding hydrogens is 276 g/mol. The number of piperidine rings is 1. The van der Waals surface area contributed by atoms with E-state index in [1.807, 2.05) is 0 Å². The van der Waals surface area contributed by atoms with E-state index in [2.05, 4.69) is 10.0 Å². The molecule has 3 aliphatic rings. The molecule has 0 spiro atoms. The van der Waals surface area contributed by atoms with Crippen LogP contribution in [0.3, 0.4) is 0 Å². The molecule has 0 aromatic carbocycles. The first-order valence-electron chi connectivity index (χ1n) is 7.99. The second kappa shape index (κ2) is 6.30. The van der Waals surface area contributed by atoms with Gasteiger partial charge < -0.3 is 10.1 Å². The molecule has 20 heavy (non-hydrogen) atoms. The maximum Gasteiger partial charge on any atom is 0.211 e. The number of hydrogen-bond acceptors (Lipinski definition) is 4. The molecule has 0 amide bonds. The first-order chi connectivity index (χ1) is 9.64. The average molecular weight is 302 g/mol. The third-order valence-electron chi connectivity index (χ3n) is 4.70. The molecule has 3 fully saturated rings. The van der Waals surface area contributed by atoms with Gasteiger partial charge in [-0.1, -0.05) is 6.42 Å². The molecule has 0 radical (unpaired) electrons. The monoisotopic (exact) mass is 302 g/mol. The second-order valence-corrected chi connectivity index (χ2v) is 8.31. The summed E-state index contributed by atoms with van der Waals surface area (Å²) in [5, 5.41) is 3.41. The molecule has 116 valence electrons. The molecule has 2 heterocycles. The zero-order valence-corrected chi connectivity index (χ0v) is 12.8. The topological polar surface area (TPSA) is 67.4 Å². The summed E-state index contributed by atoms with van der Waals surface area (Å²) in [6.07, 6.45) is 7.57. The molecule has 1 aliphatic carbocycles. The number of nitrogens with one attached hydrogen (secondary N) is 2. The zero-order chi connectivity index (χ0) is 14.0. The van der Waals surface area contributed by atoms with Crippen molar-refractivity contribution < 1.29 is 13.2 Å². The summed E-state index contributed by atoms with van der Waals surface area (Å²) in [6, 6.07) is 0.381. The SMILES string of the molecule is O=S(=O)(CCC1CCCCN1)NC1CCOC1C1CC1. The van der Waals surface area contributed by atoms with E-state index in [1.165, 1.54) is 25.7 Å². The van der Waals surface area contributed by atoms with Gasteiger partial charge in [0, 0.05) is 12.6 Å². The molecule has 2 saturated heterocycles. The van der Waals surface area contributed by atoms with Gasteiger partial charge in [-0.2, -0.15) is 0 Å². The smallest absolute Gasteiger partial charge is 0.211 e. The zero-order valence-electron chi connectivity index (χ0n) is 12.0. The highest BCUT2D eigenvalue weighted by Crippen LogP contribution is 2.38. The number of hydrogen-bond donors (Lipinski definition) is 2. The molecule has 6 heteroatoms. The molecule has 3 atom stereocenters. The molecule has 3 rings (SSSR count). The van der Waals surface area contributed by atoms with Gasteiger partial charge in [0.15, 0.2) is 0 Å². The van der Waals surface area contributed by atoms with Crippen LogP contribution in [0.1, 0.15) is 44.9 Å². The highest BCUT2D eigenvalue weighted by molar-refractivity contribution is 7.89. The quantitative estimate of drug-likeness (QED) is 0.768. The van der Waals surface area contributed by atoms with E-state index in [0.717, 1.165) is 25.8 Å². The Bertz CT molecular complexity index is 416. The van der Waals surface area contributed by atoms with Gasteiger partial charge >= 0.3 is 0 Å². The number of rotatable bonds is 6. The van der Waals surface area contributed by atoms with Crippen LogP contribution >= 0.6 is 0 Å². The summed E-state index contributed by atoms with van der Waals surface area (Å²) in [4.78, 5) is 0. The highest BCUT2D eigenvalue weighted by Gasteiger charge is 2.41. The lowest BCUT2D eigenvalue weighted by atomic mass is 10.0. The van der Waals surface area contributed by atoms with Crippen molar-refractivity contribution in [3.63, 3.8) is 0 Å². The number of ether oxygens (including phenoxy) is 1. The van der Waals surface area contributed by atoms with Crippen LogP contribution in [0.5, 0.6) is 0 Å². The fourth-order valence-corrected chi connectivity index (χ4v) is 4.81. The van der Waals surface area contributed by atoms with Gasteiger partial charge in [-0.25, -0.2) is 13.1 Å². The normalized spacial score (nSPS) is 35.3. The highest BCUT2D eigenvalue weighted by atomic mass is 32.2. The Labute approximate surface area is 121 Å². The lowest BCUT2D eigenvalue weighted by Crippen LogP contribution is -2.43. The van der Waals surface area contributed by atoms with Crippen LogP contribution in [0.4, 0.5) is 0 Å². The summed E-state index contributed by atoms with van der Waals surface area (Å²) in [6.45, 7) is 1.72. The van der Waals surface area contributed by atoms with Gasteiger partial charge in [0.2, 0.25) is 10.0 Å². The Morgan fingerprint density at radius 2 is 2.00 bits per heavy atom. The third kappa shape index (κ3) is 3.93. The fourth-order valence-electron chi connectivity index (χ4n) is 3.38. The van der Waals surface area contributed by atoms with Crippen molar-refractivity contribution in [2.45, 2.75) is 63.1 Å². The predicted molar refractivity (Wildman–Crippen MR) is 78.1 cm³/mol. The van der Waals surface area contributed by atoms with Gasteiger partial charge in [-0.05, 0) is 51.0 Å². The Hall–Kier alpha value is -0.170. The van der Waals surface area contributed by atoms with Gasteiger partial charge in [0.1, 0.15) is 0 Å². The van der Waals surface area contributed by atoms with E-state index >= 15 is 0 Å². The van der Waals surface area contributed by atoms with E-state index in [9.17, 15) is 8.42 Å². The van der Waals surface area contributed by atoms with Crippen LogP contribution < -0.4 is 10.0 Å². The minimum absolute atomic E-state index is 0.00631. The van der Waals surface area contributed by atoms with Crippen molar-refractivity contribution in [2.75, 3.05) is 18.9 Å². The second-order valence-electron chi connectivity index (χ2n) is 6.44. The first kappa shape index (κ1) is 14.8. The Morgan fingerprint density at radius 1 is 1.15 bits per heavy atom. The van der Waals surface area contributed by atoms with E-state index < -0.39 is 10.0 Å². The molecule has 0 bridgehead atoms. The van der Waals surface area contributed by atoms with Crippen LogP contribution in [0, 0.1) is 5.92 Å². The summed E-state index contributed by atoms with van der Waals surface area (Å²) in [5.74, 6) is 0.823. The van der Waals surface area contributed by atoms with Crippen molar-refractivity contribution in [3.05, 3.63) is 0 Å². The molecule has 2 N–H and O–H groups in total. The van der Waals surface area contributed by atoms with Gasteiger partial charge in [-0.3, -0.25) is 0 Å². The van der Waals surface area contributed by atoms with Crippen LogP contribution in [0.2, 0.25) is 0 Å². The van der Waals surface area contributed by atoms with Crippen molar-refractivity contribution in [1.82, 2.24) is 10.0 Å². The van der Waals surface area contributed by atoms with Crippen molar-refractivity contribution >= 4 is 10.0 Å². The van der Waals surface area contributed by atoms with Gasteiger partial charge in [-0.15, -0.1) is 0 Å². The van der Waals surface area contributed by atoms with Crippen molar-refractivity contribution in [3.8, 4) is 0 Å². The lowest BCUT2D eigenvalue weighted by molar-refractivity contribution is 0.0848. The standard InChI is InChI=1S/C14H26N2O3S/c17-20(18,10-7-12-3-1-2-8-15-12)16-13-6-9-19-14(13)11-4-5-11/h11-16H,1-10H2. The number of sulfonamides is 1. The average Bonchev–Trinajstić information content (AvgIpc) is 3.19. The summed E-state index contributed by atoms with van der Waals surface area (Å²) in [7, 11) is -3.17. The largest absolute Gasteiger partial charge is 0.376 e. The summed E-state index contributed by atoms with van der Waals surface area (Å²) in [5.41, 5.74) is 0. The van der Waals surface area contributed by atoms with Crippen molar-refractivity contribution in [1.29, 1.82) is 0 Å². The van der Waals surface area contributed by atoms with E-state index in [-0.39, 0.29) is 17.9 Å². The maximum atomic E-state index is 12.2. The minimum atomic E-state index is -3.17. The molecular formula is C14H26N2O3S. The molecule has 5 nitrogen and oxygen atoms in total. The van der Waals surface area contributed by atoms with Crippen LogP contribution in [0.15, 0.2) is 0 Å². The lowest BCUT2D eigenvalue weighted by Gasteiger charge is -2.24. The minimum Gasteiger partial charge on any atom is -0.376 e. The van der Waals surface area contributed by atoms with Crippen LogP contribution in [0.25, 0.3) is 0 Å². The van der Waals surface area contributed by atoms with E-state index in [4.69, 9.17) is 4.74 Å². The predicted octanol–water partition coefficient (Wildman–Crippen LogP) is 1.01. The fraction of sp³-hybridized carbons (Fsp3) is 1.00. The van der Waals surface area contributed by atoms with Crippen LogP contribution in [-0.4, -0.2) is 45.5 Å². The first-order valence-corrected chi connectivity index (χ1v) is 9.64. The van der Waals surface area contributed by atoms with Gasteiger partial charge in [0.25, 0.3) is 0 Å². The van der Waals surface area contributed by atoms with E-state index in [0.29, 0.717) is 18.6 Å². The van der Waals surface area contributed by atoms with Crippen LogP contribution in [-0.2, 0) is 14.8 Å². The maximum absolute atomic E-state index is 12.2. The molecule has 2 aliphatic heterocycles. The van der Waals surface area contributed by atoms with E-state index in [1.54, 1.807) is 0 Å². The third-order valence-corrected chi connectivity index (χ3v) is 6.14. The van der Waals surface area contributed by atoms with Crippen molar-refractivity contribution in [2.24, 2.45) is 5.92 Å². The Morgan fingerprint density at radius 3 is 2.70 bits per heavy atom. The van der Waals surface area contributed by atoms with Gasteiger partial charge in [0.05, 0.1) is 17.9 Å². The molecule has 3 unspecified atom stereocenters.